The van der Waals surface area contributed by atoms with Crippen molar-refractivity contribution in [2.75, 3.05) is 18.8 Å². The number of nitrogens with one attached hydrogen (secondary N) is 2. The largest absolute Gasteiger partial charge is 0.346 e. The van der Waals surface area contributed by atoms with E-state index in [0.29, 0.717) is 5.92 Å². The first-order valence-electron chi connectivity index (χ1n) is 9.91. The Balaban J connectivity index is 1.46. The van der Waals surface area contributed by atoms with Crippen LogP contribution in [0.15, 0.2) is 30.5 Å². The highest BCUT2D eigenvalue weighted by atomic mass is 32.2. The second-order valence-corrected chi connectivity index (χ2v) is 9.21. The van der Waals surface area contributed by atoms with Gasteiger partial charge in [0.25, 0.3) is 0 Å². The number of imidazole rings is 1. The molecule has 3 aliphatic rings. The first-order chi connectivity index (χ1) is 13.2. The van der Waals surface area contributed by atoms with E-state index < -0.39 is 0 Å². The molecular weight excluding hydrogens is 356 g/mol. The minimum Gasteiger partial charge on any atom is -0.346 e. The number of aromatic amines is 1. The monoisotopic (exact) mass is 382 g/mol. The Labute approximate surface area is 164 Å². The molecule has 142 valence electrons. The third-order valence-electron chi connectivity index (χ3n) is 6.16. The van der Waals surface area contributed by atoms with Crippen LogP contribution in [-0.2, 0) is 10.5 Å². The van der Waals surface area contributed by atoms with E-state index in [0.717, 1.165) is 35.7 Å². The molecule has 1 saturated heterocycles. The number of nitrogens with zero attached hydrogens (tertiary/aromatic N) is 2. The summed E-state index contributed by atoms with van der Waals surface area (Å²) in [6.07, 6.45) is 4.20. The van der Waals surface area contributed by atoms with Gasteiger partial charge in [0.1, 0.15) is 5.82 Å². The predicted molar refractivity (Wildman–Crippen MR) is 108 cm³/mol. The van der Waals surface area contributed by atoms with Gasteiger partial charge in [0.15, 0.2) is 0 Å². The van der Waals surface area contributed by atoms with Crippen molar-refractivity contribution in [2.24, 2.45) is 11.8 Å². The highest BCUT2D eigenvalue weighted by molar-refractivity contribution is 7.98. The Morgan fingerprint density at radius 3 is 3.11 bits per heavy atom. The molecule has 6 heteroatoms. The number of H-pyrrole nitrogens is 1. The molecule has 3 heterocycles. The van der Waals surface area contributed by atoms with Crippen molar-refractivity contribution in [1.82, 2.24) is 20.2 Å². The van der Waals surface area contributed by atoms with Crippen LogP contribution < -0.4 is 5.32 Å². The van der Waals surface area contributed by atoms with Gasteiger partial charge in [0, 0.05) is 43.1 Å². The highest BCUT2D eigenvalue weighted by Gasteiger charge is 2.52. The van der Waals surface area contributed by atoms with Crippen molar-refractivity contribution in [1.29, 1.82) is 0 Å². The normalized spacial score (nSPS) is 32.1. The number of rotatable bonds is 1. The minimum atomic E-state index is -0.0230. The summed E-state index contributed by atoms with van der Waals surface area (Å²) in [6, 6.07) is 9.32. The summed E-state index contributed by atoms with van der Waals surface area (Å²) in [5.41, 5.74) is 3.60. The first-order valence-corrected chi connectivity index (χ1v) is 11.1. The molecule has 1 aliphatic carbocycles. The van der Waals surface area contributed by atoms with Crippen LogP contribution in [0.3, 0.4) is 0 Å². The van der Waals surface area contributed by atoms with E-state index >= 15 is 0 Å². The summed E-state index contributed by atoms with van der Waals surface area (Å²) >= 11 is 2.02. The van der Waals surface area contributed by atoms with Crippen LogP contribution >= 0.6 is 11.8 Å². The van der Waals surface area contributed by atoms with Gasteiger partial charge in [0.05, 0.1) is 17.9 Å². The van der Waals surface area contributed by atoms with Crippen molar-refractivity contribution in [3.05, 3.63) is 41.9 Å². The third kappa shape index (κ3) is 3.65. The number of thioether (sulfide) groups is 1. The molecule has 2 aromatic rings. The summed E-state index contributed by atoms with van der Waals surface area (Å²) in [5.74, 6) is 4.61. The summed E-state index contributed by atoms with van der Waals surface area (Å²) in [4.78, 5) is 22.6. The van der Waals surface area contributed by atoms with Crippen LogP contribution in [0.4, 0.5) is 0 Å². The quantitative estimate of drug-likeness (QED) is 0.744. The van der Waals surface area contributed by atoms with Gasteiger partial charge in [-0.25, -0.2) is 4.98 Å². The fraction of sp³-hybridized carbons (Fsp3) is 0.524. The lowest BCUT2D eigenvalue weighted by molar-refractivity contribution is -0.119. The zero-order valence-electron chi connectivity index (χ0n) is 15.6. The second kappa shape index (κ2) is 6.99. The number of fused-ring (bicyclic) bond motifs is 7. The van der Waals surface area contributed by atoms with Gasteiger partial charge in [-0.05, 0) is 30.2 Å². The Morgan fingerprint density at radius 1 is 1.33 bits per heavy atom. The van der Waals surface area contributed by atoms with E-state index in [1.807, 2.05) is 18.0 Å². The molecule has 4 unspecified atom stereocenters. The fourth-order valence-electron chi connectivity index (χ4n) is 4.58. The lowest BCUT2D eigenvalue weighted by Gasteiger charge is -2.16. The summed E-state index contributed by atoms with van der Waals surface area (Å²) in [7, 11) is 0. The number of carbonyl (C=O) groups is 1. The van der Waals surface area contributed by atoms with Crippen molar-refractivity contribution in [2.45, 2.75) is 37.6 Å². The standard InChI is InChI=1S/C21H26N4OS/c1-13(26)23-18-9-15-8-17(15)20-11-25(20)6-7-27-12-14-4-2-3-5-16(14)19-10-22-21(18)24-19/h2-5,10,15,17-18,20H,6-9,11-12H2,1H3,(H,22,24)(H,23,26)/t15?,17?,18-,20?,25?/m0/s1. The van der Waals surface area contributed by atoms with E-state index in [1.54, 1.807) is 6.92 Å². The van der Waals surface area contributed by atoms with Gasteiger partial charge in [-0.1, -0.05) is 24.3 Å². The van der Waals surface area contributed by atoms with Gasteiger partial charge < -0.3 is 10.3 Å². The molecule has 1 saturated carbocycles. The Bertz CT molecular complexity index is 850. The van der Waals surface area contributed by atoms with Gasteiger partial charge in [-0.3, -0.25) is 9.69 Å². The van der Waals surface area contributed by atoms with Crippen molar-refractivity contribution in [3.8, 4) is 11.3 Å². The first kappa shape index (κ1) is 17.3. The van der Waals surface area contributed by atoms with Crippen molar-refractivity contribution in [3.63, 3.8) is 0 Å². The molecule has 2 aliphatic heterocycles. The Kier molecular flexibility index (Phi) is 4.48. The maximum absolute atomic E-state index is 11.8. The average molecular weight is 383 g/mol. The summed E-state index contributed by atoms with van der Waals surface area (Å²) in [6.45, 7) is 4.05. The molecule has 2 bridgehead atoms. The van der Waals surface area contributed by atoms with Gasteiger partial charge in [-0.2, -0.15) is 11.8 Å². The van der Waals surface area contributed by atoms with Crippen LogP contribution in [0.5, 0.6) is 0 Å². The zero-order chi connectivity index (χ0) is 18.4. The number of hydrogen-bond donors (Lipinski definition) is 2. The second-order valence-electron chi connectivity index (χ2n) is 8.10. The SMILES string of the molecule is CC(=O)N[C@H]1CC2CC2C2CN2CCSCc2ccccc2-c2cnc1[nH]2. The van der Waals surface area contributed by atoms with Crippen molar-refractivity contribution >= 4 is 17.7 Å². The van der Waals surface area contributed by atoms with Gasteiger partial charge >= 0.3 is 0 Å². The molecule has 2 fully saturated rings. The molecular formula is C21H26N4OS. The summed E-state index contributed by atoms with van der Waals surface area (Å²) in [5, 5.41) is 3.13. The summed E-state index contributed by atoms with van der Waals surface area (Å²) < 4.78 is 0. The van der Waals surface area contributed by atoms with Crippen LogP contribution in [0.1, 0.15) is 37.2 Å². The highest BCUT2D eigenvalue weighted by Crippen LogP contribution is 2.51. The number of carbonyl (C=O) groups excluding carboxylic acids is 1. The topological polar surface area (TPSA) is 60.8 Å². The molecule has 1 amide bonds. The number of amides is 1. The lowest BCUT2D eigenvalue weighted by atomic mass is 10.1. The Morgan fingerprint density at radius 2 is 2.22 bits per heavy atom. The molecule has 27 heavy (non-hydrogen) atoms. The lowest BCUT2D eigenvalue weighted by Crippen LogP contribution is -2.27. The molecule has 5 atom stereocenters. The molecule has 1 aromatic heterocycles. The molecule has 1 aromatic carbocycles. The van der Waals surface area contributed by atoms with Gasteiger partial charge in [-0.15, -0.1) is 0 Å². The van der Waals surface area contributed by atoms with Gasteiger partial charge in [0.2, 0.25) is 5.91 Å². The molecule has 0 spiro atoms. The average Bonchev–Trinajstić information content (AvgIpc) is 3.53. The Hall–Kier alpha value is -1.79. The number of hydrogen-bond acceptors (Lipinski definition) is 4. The van der Waals surface area contributed by atoms with E-state index in [-0.39, 0.29) is 11.9 Å². The molecule has 2 N–H and O–H groups in total. The van der Waals surface area contributed by atoms with E-state index in [2.05, 4.69) is 44.5 Å². The fourth-order valence-corrected chi connectivity index (χ4v) is 5.56. The van der Waals surface area contributed by atoms with Crippen molar-refractivity contribution < 1.29 is 4.79 Å². The molecule has 5 rings (SSSR count). The van der Waals surface area contributed by atoms with E-state index in [4.69, 9.17) is 0 Å². The van der Waals surface area contributed by atoms with Crippen LogP contribution in [0.2, 0.25) is 0 Å². The van der Waals surface area contributed by atoms with Crippen LogP contribution in [0.25, 0.3) is 11.3 Å². The zero-order valence-corrected chi connectivity index (χ0v) is 16.5. The number of aromatic nitrogens is 2. The van der Waals surface area contributed by atoms with E-state index in [9.17, 15) is 4.79 Å². The predicted octanol–water partition coefficient (Wildman–Crippen LogP) is 3.21. The van der Waals surface area contributed by atoms with Crippen LogP contribution in [0, 0.1) is 11.8 Å². The molecule has 5 nitrogen and oxygen atoms in total. The van der Waals surface area contributed by atoms with E-state index in [1.165, 1.54) is 36.4 Å². The number of benzene rings is 1. The maximum atomic E-state index is 11.8. The maximum Gasteiger partial charge on any atom is 0.217 e. The van der Waals surface area contributed by atoms with Crippen LogP contribution in [-0.4, -0.2) is 45.7 Å². The minimum absolute atomic E-state index is 0.0120. The smallest absolute Gasteiger partial charge is 0.217 e. The molecule has 0 radical (unpaired) electrons. The third-order valence-corrected chi connectivity index (χ3v) is 7.14.